The van der Waals surface area contributed by atoms with Crippen LogP contribution in [-0.2, 0) is 12.7 Å². The summed E-state index contributed by atoms with van der Waals surface area (Å²) in [4.78, 5) is 3.65. The Bertz CT molecular complexity index is 857. The van der Waals surface area contributed by atoms with E-state index in [2.05, 4.69) is 4.98 Å². The predicted octanol–water partition coefficient (Wildman–Crippen LogP) is 3.80. The van der Waals surface area contributed by atoms with Gasteiger partial charge in [-0.1, -0.05) is 29.8 Å². The molecule has 1 unspecified atom stereocenters. The van der Waals surface area contributed by atoms with Crippen molar-refractivity contribution < 1.29 is 23.0 Å². The minimum absolute atomic E-state index is 0.118. The molecule has 1 heterocycles. The lowest BCUT2D eigenvalue weighted by Gasteiger charge is -2.16. The minimum Gasteiger partial charge on any atom is -0.491 e. The number of fused-ring (bicyclic) bond motifs is 1. The SMILES string of the molecule is Cc1ccc(OCC(O)Cn2c(C(F)(F)F)nc3ccccc32)cc1. The number of aliphatic hydroxyl groups is 1. The molecule has 0 amide bonds. The topological polar surface area (TPSA) is 47.3 Å². The molecule has 1 N–H and O–H groups in total. The van der Waals surface area contributed by atoms with Gasteiger partial charge in [-0.25, -0.2) is 4.98 Å². The number of halogens is 3. The standard InChI is InChI=1S/C18H17F3N2O2/c1-12-6-8-14(9-7-12)25-11-13(24)10-23-16-5-3-2-4-15(16)22-17(23)18(19,20)21/h2-9,13,24H,10-11H2,1H3. The number of aromatic nitrogens is 2. The van der Waals surface area contributed by atoms with Gasteiger partial charge in [-0.15, -0.1) is 0 Å². The lowest BCUT2D eigenvalue weighted by molar-refractivity contribution is -0.147. The molecule has 2 aromatic carbocycles. The number of ether oxygens (including phenoxy) is 1. The van der Waals surface area contributed by atoms with Gasteiger partial charge >= 0.3 is 6.18 Å². The monoisotopic (exact) mass is 350 g/mol. The van der Waals surface area contributed by atoms with Crippen LogP contribution in [-0.4, -0.2) is 27.4 Å². The maximum Gasteiger partial charge on any atom is 0.449 e. The third kappa shape index (κ3) is 3.93. The number of aryl methyl sites for hydroxylation is 1. The molecule has 0 fully saturated rings. The van der Waals surface area contributed by atoms with Crippen LogP contribution >= 0.6 is 0 Å². The minimum atomic E-state index is -4.60. The van der Waals surface area contributed by atoms with Crippen LogP contribution in [0, 0.1) is 6.92 Å². The molecule has 3 aromatic rings. The van der Waals surface area contributed by atoms with E-state index in [0.29, 0.717) is 11.3 Å². The molecule has 1 atom stereocenters. The zero-order valence-corrected chi connectivity index (χ0v) is 13.5. The first-order chi connectivity index (χ1) is 11.8. The summed E-state index contributed by atoms with van der Waals surface area (Å²) < 4.78 is 46.1. The molecule has 0 aliphatic rings. The van der Waals surface area contributed by atoms with Crippen molar-refractivity contribution in [1.29, 1.82) is 0 Å². The smallest absolute Gasteiger partial charge is 0.449 e. The average molecular weight is 350 g/mol. The van der Waals surface area contributed by atoms with Gasteiger partial charge in [0.05, 0.1) is 17.6 Å². The van der Waals surface area contributed by atoms with Crippen molar-refractivity contribution in [2.45, 2.75) is 25.7 Å². The highest BCUT2D eigenvalue weighted by Crippen LogP contribution is 2.31. The van der Waals surface area contributed by atoms with Crippen molar-refractivity contribution in [2.24, 2.45) is 0 Å². The van der Waals surface area contributed by atoms with Gasteiger partial charge in [-0.05, 0) is 31.2 Å². The second-order valence-electron chi connectivity index (χ2n) is 5.81. The van der Waals surface area contributed by atoms with Crippen LogP contribution in [0.4, 0.5) is 13.2 Å². The number of benzene rings is 2. The summed E-state index contributed by atoms with van der Waals surface area (Å²) in [5.74, 6) is -0.473. The van der Waals surface area contributed by atoms with Crippen LogP contribution in [0.1, 0.15) is 11.4 Å². The number of hydrogen-bond acceptors (Lipinski definition) is 3. The summed E-state index contributed by atoms with van der Waals surface area (Å²) in [6, 6.07) is 13.5. The van der Waals surface area contributed by atoms with E-state index >= 15 is 0 Å². The molecule has 0 aliphatic heterocycles. The van der Waals surface area contributed by atoms with Gasteiger partial charge in [-0.2, -0.15) is 13.2 Å². The first-order valence-corrected chi connectivity index (χ1v) is 7.74. The highest BCUT2D eigenvalue weighted by atomic mass is 19.4. The Morgan fingerprint density at radius 3 is 2.48 bits per heavy atom. The summed E-state index contributed by atoms with van der Waals surface area (Å²) in [5, 5.41) is 10.1. The van der Waals surface area contributed by atoms with E-state index in [-0.39, 0.29) is 18.7 Å². The fourth-order valence-corrected chi connectivity index (χ4v) is 2.57. The molecule has 0 radical (unpaired) electrons. The third-order valence-electron chi connectivity index (χ3n) is 3.76. The first kappa shape index (κ1) is 17.3. The normalized spacial score (nSPS) is 13.2. The Kier molecular flexibility index (Phi) is 4.67. The number of para-hydroxylation sites is 2. The molecule has 132 valence electrons. The van der Waals surface area contributed by atoms with E-state index in [0.717, 1.165) is 10.1 Å². The van der Waals surface area contributed by atoms with Gasteiger partial charge in [-0.3, -0.25) is 0 Å². The van der Waals surface area contributed by atoms with Crippen molar-refractivity contribution in [1.82, 2.24) is 9.55 Å². The van der Waals surface area contributed by atoms with Crippen LogP contribution in [0.5, 0.6) is 5.75 Å². The molecule has 7 heteroatoms. The molecule has 0 spiro atoms. The number of nitrogens with zero attached hydrogens (tertiary/aromatic N) is 2. The third-order valence-corrected chi connectivity index (χ3v) is 3.76. The fourth-order valence-electron chi connectivity index (χ4n) is 2.57. The van der Waals surface area contributed by atoms with Gasteiger partial charge in [0.15, 0.2) is 0 Å². The molecule has 1 aromatic heterocycles. The van der Waals surface area contributed by atoms with Gasteiger partial charge in [0.1, 0.15) is 18.5 Å². The summed E-state index contributed by atoms with van der Waals surface area (Å²) >= 11 is 0. The first-order valence-electron chi connectivity index (χ1n) is 7.74. The summed E-state index contributed by atoms with van der Waals surface area (Å²) in [7, 11) is 0. The van der Waals surface area contributed by atoms with Gasteiger partial charge in [0, 0.05) is 0 Å². The summed E-state index contributed by atoms with van der Waals surface area (Å²) in [6.45, 7) is 1.55. The van der Waals surface area contributed by atoms with Crippen LogP contribution in [0.25, 0.3) is 11.0 Å². The van der Waals surface area contributed by atoms with Crippen molar-refractivity contribution in [3.63, 3.8) is 0 Å². The highest BCUT2D eigenvalue weighted by Gasteiger charge is 2.37. The average Bonchev–Trinajstić information content (AvgIpc) is 2.93. The highest BCUT2D eigenvalue weighted by molar-refractivity contribution is 5.76. The van der Waals surface area contributed by atoms with Gasteiger partial charge in [0.25, 0.3) is 0 Å². The van der Waals surface area contributed by atoms with E-state index in [1.807, 2.05) is 19.1 Å². The number of imidazole rings is 1. The fraction of sp³-hybridized carbons (Fsp3) is 0.278. The number of aliphatic hydroxyl groups excluding tert-OH is 1. The number of alkyl halides is 3. The van der Waals surface area contributed by atoms with Crippen molar-refractivity contribution >= 4 is 11.0 Å². The van der Waals surface area contributed by atoms with E-state index in [1.165, 1.54) is 6.07 Å². The van der Waals surface area contributed by atoms with Crippen molar-refractivity contribution in [2.75, 3.05) is 6.61 Å². The molecule has 0 saturated carbocycles. The molecule has 3 rings (SSSR count). The Morgan fingerprint density at radius 2 is 1.80 bits per heavy atom. The van der Waals surface area contributed by atoms with E-state index in [9.17, 15) is 18.3 Å². The Hall–Kier alpha value is -2.54. The quantitative estimate of drug-likeness (QED) is 0.761. The van der Waals surface area contributed by atoms with Crippen LogP contribution in [0.3, 0.4) is 0 Å². The maximum atomic E-state index is 13.2. The van der Waals surface area contributed by atoms with Crippen LogP contribution in [0.15, 0.2) is 48.5 Å². The van der Waals surface area contributed by atoms with Gasteiger partial charge in [0.2, 0.25) is 5.82 Å². The van der Waals surface area contributed by atoms with E-state index in [4.69, 9.17) is 4.74 Å². The zero-order valence-electron chi connectivity index (χ0n) is 13.5. The maximum absolute atomic E-state index is 13.2. The largest absolute Gasteiger partial charge is 0.491 e. The second kappa shape index (κ2) is 6.76. The van der Waals surface area contributed by atoms with Crippen molar-refractivity contribution in [3.8, 4) is 5.75 Å². The predicted molar refractivity (Wildman–Crippen MR) is 87.4 cm³/mol. The summed E-state index contributed by atoms with van der Waals surface area (Å²) in [6.07, 6.45) is -5.71. The van der Waals surface area contributed by atoms with Crippen LogP contribution < -0.4 is 4.74 Å². The number of hydrogen-bond donors (Lipinski definition) is 1. The molecular formula is C18H17F3N2O2. The molecule has 4 nitrogen and oxygen atoms in total. The molecule has 25 heavy (non-hydrogen) atoms. The zero-order chi connectivity index (χ0) is 18.0. The molecule has 0 aliphatic carbocycles. The van der Waals surface area contributed by atoms with Crippen molar-refractivity contribution in [3.05, 3.63) is 59.9 Å². The second-order valence-corrected chi connectivity index (χ2v) is 5.81. The lowest BCUT2D eigenvalue weighted by Crippen LogP contribution is -2.26. The van der Waals surface area contributed by atoms with Gasteiger partial charge < -0.3 is 14.4 Å². The molecule has 0 saturated heterocycles. The van der Waals surface area contributed by atoms with E-state index < -0.39 is 18.1 Å². The lowest BCUT2D eigenvalue weighted by atomic mass is 10.2. The Balaban J connectivity index is 1.78. The molecular weight excluding hydrogens is 333 g/mol. The Morgan fingerprint density at radius 1 is 1.12 bits per heavy atom. The van der Waals surface area contributed by atoms with Crippen LogP contribution in [0.2, 0.25) is 0 Å². The Labute approximate surface area is 142 Å². The summed E-state index contributed by atoms with van der Waals surface area (Å²) in [5.41, 5.74) is 1.62. The number of rotatable bonds is 5. The molecule has 0 bridgehead atoms. The van der Waals surface area contributed by atoms with E-state index in [1.54, 1.807) is 30.3 Å².